The van der Waals surface area contributed by atoms with Crippen molar-refractivity contribution in [3.8, 4) is 0 Å². The molecule has 2 fully saturated rings. The van der Waals surface area contributed by atoms with Crippen molar-refractivity contribution in [3.05, 3.63) is 16.1 Å². The molecule has 1 aliphatic heterocycles. The van der Waals surface area contributed by atoms with Crippen LogP contribution >= 0.6 is 11.3 Å². The number of aryl methyl sites for hydroxylation is 1. The van der Waals surface area contributed by atoms with Crippen LogP contribution in [0.15, 0.2) is 11.2 Å². The lowest BCUT2D eigenvalue weighted by Gasteiger charge is -2.33. The van der Waals surface area contributed by atoms with Gasteiger partial charge in [-0.1, -0.05) is 19.3 Å². The Morgan fingerprint density at radius 3 is 2.86 bits per heavy atom. The first-order valence-electron chi connectivity index (χ1n) is 8.08. The predicted octanol–water partition coefficient (Wildman–Crippen LogP) is 3.18. The second-order valence-corrected chi connectivity index (χ2v) is 7.80. The van der Waals surface area contributed by atoms with Gasteiger partial charge in [0.15, 0.2) is 5.96 Å². The van der Waals surface area contributed by atoms with Gasteiger partial charge in [0.2, 0.25) is 0 Å². The summed E-state index contributed by atoms with van der Waals surface area (Å²) in [6.07, 6.45) is 10.4. The van der Waals surface area contributed by atoms with Gasteiger partial charge in [-0.2, -0.15) is 0 Å². The van der Waals surface area contributed by atoms with Gasteiger partial charge in [0.1, 0.15) is 0 Å². The highest BCUT2D eigenvalue weighted by molar-refractivity contribution is 7.11. The number of nitrogens with zero attached hydrogens (tertiary/aromatic N) is 3. The first-order chi connectivity index (χ1) is 10.2. The summed E-state index contributed by atoms with van der Waals surface area (Å²) in [5.74, 6) is 1.06. The normalized spacial score (nSPS) is 22.0. The maximum atomic E-state index is 4.49. The van der Waals surface area contributed by atoms with Crippen molar-refractivity contribution in [3.63, 3.8) is 0 Å². The summed E-state index contributed by atoms with van der Waals surface area (Å²) in [6, 6.07) is 0. The van der Waals surface area contributed by atoms with Crippen molar-refractivity contribution >= 4 is 17.3 Å². The highest BCUT2D eigenvalue weighted by Gasteiger charge is 2.39. The molecule has 1 aromatic rings. The van der Waals surface area contributed by atoms with Crippen molar-refractivity contribution in [2.75, 3.05) is 20.1 Å². The first-order valence-corrected chi connectivity index (χ1v) is 8.89. The van der Waals surface area contributed by atoms with E-state index in [1.165, 1.54) is 49.9 Å². The van der Waals surface area contributed by atoms with E-state index in [-0.39, 0.29) is 0 Å². The van der Waals surface area contributed by atoms with Gasteiger partial charge >= 0.3 is 0 Å². The maximum absolute atomic E-state index is 4.49. The molecule has 2 aliphatic rings. The van der Waals surface area contributed by atoms with Crippen LogP contribution in [0.5, 0.6) is 0 Å². The third kappa shape index (κ3) is 3.39. The van der Waals surface area contributed by atoms with Gasteiger partial charge in [-0.15, -0.1) is 11.3 Å². The highest BCUT2D eigenvalue weighted by Crippen LogP contribution is 2.43. The monoisotopic (exact) mass is 306 g/mol. The summed E-state index contributed by atoms with van der Waals surface area (Å²) in [6.45, 7) is 5.23. The maximum Gasteiger partial charge on any atom is 0.193 e. The van der Waals surface area contributed by atoms with E-state index in [0.29, 0.717) is 5.41 Å². The molecule has 1 spiro atoms. The molecule has 2 heterocycles. The average molecular weight is 306 g/mol. The van der Waals surface area contributed by atoms with Crippen LogP contribution < -0.4 is 5.32 Å². The fraction of sp³-hybridized carbons (Fsp3) is 0.750. The second kappa shape index (κ2) is 6.34. The van der Waals surface area contributed by atoms with E-state index < -0.39 is 0 Å². The Hall–Kier alpha value is -1.10. The van der Waals surface area contributed by atoms with Gasteiger partial charge in [0, 0.05) is 31.2 Å². The summed E-state index contributed by atoms with van der Waals surface area (Å²) < 4.78 is 0. The molecule has 116 valence electrons. The van der Waals surface area contributed by atoms with Crippen molar-refractivity contribution in [1.82, 2.24) is 15.2 Å². The van der Waals surface area contributed by atoms with Crippen molar-refractivity contribution in [2.45, 2.75) is 52.0 Å². The Bertz CT molecular complexity index is 502. The van der Waals surface area contributed by atoms with E-state index in [1.54, 1.807) is 11.3 Å². The molecule has 0 amide bonds. The van der Waals surface area contributed by atoms with E-state index >= 15 is 0 Å². The lowest BCUT2D eigenvalue weighted by atomic mass is 9.73. The number of guanidine groups is 1. The average Bonchev–Trinajstić information content (AvgIpc) is 3.08. The quantitative estimate of drug-likeness (QED) is 0.674. The Balaban J connectivity index is 1.57. The van der Waals surface area contributed by atoms with E-state index in [9.17, 15) is 0 Å². The zero-order valence-electron chi connectivity index (χ0n) is 13.2. The summed E-state index contributed by atoms with van der Waals surface area (Å²) in [5, 5.41) is 4.64. The SMILES string of the molecule is CN=C(NCc1cnc(C)s1)N1CCC2(CCCCC2)C1. The Morgan fingerprint density at radius 1 is 1.38 bits per heavy atom. The standard InChI is InChI=1S/C16H26N4S/c1-13-18-10-14(21-13)11-19-15(17-2)20-9-8-16(12-20)6-4-3-5-7-16/h10H,3-9,11-12H2,1-2H3,(H,17,19). The van der Waals surface area contributed by atoms with Crippen LogP contribution in [-0.4, -0.2) is 36.0 Å². The fourth-order valence-corrected chi connectivity index (χ4v) is 4.55. The molecule has 0 bridgehead atoms. The number of aliphatic imine (C=N–C) groups is 1. The molecular formula is C16H26N4S. The summed E-state index contributed by atoms with van der Waals surface area (Å²) in [4.78, 5) is 12.5. The van der Waals surface area contributed by atoms with Crippen molar-refractivity contribution in [1.29, 1.82) is 0 Å². The van der Waals surface area contributed by atoms with Crippen molar-refractivity contribution in [2.24, 2.45) is 10.4 Å². The molecule has 0 atom stereocenters. The number of likely N-dealkylation sites (tertiary alicyclic amines) is 1. The zero-order chi connectivity index (χ0) is 14.7. The van der Waals surface area contributed by atoms with Gasteiger partial charge < -0.3 is 10.2 Å². The molecule has 4 nitrogen and oxygen atoms in total. The Morgan fingerprint density at radius 2 is 2.19 bits per heavy atom. The van der Waals surface area contributed by atoms with Gasteiger partial charge in [-0.25, -0.2) is 4.98 Å². The minimum atomic E-state index is 0.580. The molecule has 0 aromatic carbocycles. The number of hydrogen-bond acceptors (Lipinski definition) is 3. The lowest BCUT2D eigenvalue weighted by Crippen LogP contribution is -2.41. The second-order valence-electron chi connectivity index (χ2n) is 6.48. The Labute approximate surface area is 131 Å². The Kier molecular flexibility index (Phi) is 4.48. The topological polar surface area (TPSA) is 40.5 Å². The van der Waals surface area contributed by atoms with E-state index in [4.69, 9.17) is 0 Å². The smallest absolute Gasteiger partial charge is 0.193 e. The minimum Gasteiger partial charge on any atom is -0.351 e. The van der Waals surface area contributed by atoms with E-state index in [2.05, 4.69) is 27.1 Å². The third-order valence-corrected chi connectivity index (χ3v) is 5.87. The van der Waals surface area contributed by atoms with Crippen LogP contribution in [-0.2, 0) is 6.54 Å². The minimum absolute atomic E-state index is 0.580. The molecule has 1 aromatic heterocycles. The molecule has 3 rings (SSSR count). The summed E-state index contributed by atoms with van der Waals surface area (Å²) >= 11 is 1.76. The van der Waals surface area contributed by atoms with Gasteiger partial charge in [0.05, 0.1) is 11.6 Å². The van der Waals surface area contributed by atoms with Gasteiger partial charge in [0.25, 0.3) is 0 Å². The molecule has 1 N–H and O–H groups in total. The molecule has 1 aliphatic carbocycles. The molecule has 0 unspecified atom stereocenters. The first kappa shape index (κ1) is 14.8. The number of hydrogen-bond donors (Lipinski definition) is 1. The zero-order valence-corrected chi connectivity index (χ0v) is 14.0. The van der Waals surface area contributed by atoms with Crippen LogP contribution in [0.25, 0.3) is 0 Å². The number of rotatable bonds is 2. The van der Waals surface area contributed by atoms with Gasteiger partial charge in [-0.3, -0.25) is 4.99 Å². The fourth-order valence-electron chi connectivity index (χ4n) is 3.81. The van der Waals surface area contributed by atoms with E-state index in [0.717, 1.165) is 24.1 Å². The van der Waals surface area contributed by atoms with Crippen LogP contribution in [0.4, 0.5) is 0 Å². The lowest BCUT2D eigenvalue weighted by molar-refractivity contribution is 0.203. The van der Waals surface area contributed by atoms with Gasteiger partial charge in [-0.05, 0) is 31.6 Å². The number of nitrogens with one attached hydrogen (secondary N) is 1. The predicted molar refractivity (Wildman–Crippen MR) is 88.8 cm³/mol. The molecule has 1 saturated heterocycles. The molecule has 21 heavy (non-hydrogen) atoms. The van der Waals surface area contributed by atoms with Crippen LogP contribution in [0.3, 0.4) is 0 Å². The van der Waals surface area contributed by atoms with E-state index in [1.807, 2.05) is 13.2 Å². The summed E-state index contributed by atoms with van der Waals surface area (Å²) in [7, 11) is 1.89. The molecule has 1 saturated carbocycles. The van der Waals surface area contributed by atoms with Crippen LogP contribution in [0, 0.1) is 12.3 Å². The highest BCUT2D eigenvalue weighted by atomic mass is 32.1. The largest absolute Gasteiger partial charge is 0.351 e. The van der Waals surface area contributed by atoms with Crippen LogP contribution in [0.1, 0.15) is 48.4 Å². The van der Waals surface area contributed by atoms with Crippen LogP contribution in [0.2, 0.25) is 0 Å². The third-order valence-electron chi connectivity index (χ3n) is 4.95. The van der Waals surface area contributed by atoms with Crippen molar-refractivity contribution < 1.29 is 0 Å². The summed E-state index contributed by atoms with van der Waals surface area (Å²) in [5.41, 5.74) is 0.580. The number of aromatic nitrogens is 1. The molecule has 0 radical (unpaired) electrons. The molecule has 5 heteroatoms. The molecular weight excluding hydrogens is 280 g/mol. The number of thiazole rings is 1.